The van der Waals surface area contributed by atoms with Crippen molar-refractivity contribution in [3.05, 3.63) is 63.8 Å². The second kappa shape index (κ2) is 4.95. The summed E-state index contributed by atoms with van der Waals surface area (Å²) in [6, 6.07) is 4.52. The first-order chi connectivity index (χ1) is 8.58. The van der Waals surface area contributed by atoms with Crippen LogP contribution in [-0.4, -0.2) is 4.98 Å². The van der Waals surface area contributed by atoms with Gasteiger partial charge in [-0.3, -0.25) is 4.79 Å². The molecule has 0 amide bonds. The third kappa shape index (κ3) is 2.53. The highest BCUT2D eigenvalue weighted by atomic mass is 19.2. The smallest absolute Gasteiger partial charge is 0.251 e. The van der Waals surface area contributed by atoms with Crippen molar-refractivity contribution >= 4 is 0 Å². The Bertz CT molecular complexity index is 625. The monoisotopic (exact) mass is 255 g/mol. The van der Waals surface area contributed by atoms with Crippen LogP contribution in [0.15, 0.2) is 35.3 Å². The van der Waals surface area contributed by atoms with E-state index in [4.69, 9.17) is 4.74 Å². The normalized spacial score (nSPS) is 10.4. The van der Waals surface area contributed by atoms with Gasteiger partial charge in [0.2, 0.25) is 0 Å². The van der Waals surface area contributed by atoms with E-state index in [9.17, 15) is 18.0 Å². The second-order valence-electron chi connectivity index (χ2n) is 3.51. The van der Waals surface area contributed by atoms with Crippen LogP contribution in [0.3, 0.4) is 0 Å². The van der Waals surface area contributed by atoms with E-state index in [1.165, 1.54) is 12.3 Å². The largest absolute Gasteiger partial charge is 0.489 e. The summed E-state index contributed by atoms with van der Waals surface area (Å²) in [5.41, 5.74) is -0.507. The van der Waals surface area contributed by atoms with Crippen molar-refractivity contribution in [2.24, 2.45) is 0 Å². The van der Waals surface area contributed by atoms with Crippen LogP contribution in [0.1, 0.15) is 5.56 Å². The molecule has 0 saturated carbocycles. The van der Waals surface area contributed by atoms with Gasteiger partial charge in [0.15, 0.2) is 17.5 Å². The number of aromatic amines is 1. The average Bonchev–Trinajstić information content (AvgIpc) is 2.35. The highest BCUT2D eigenvalue weighted by Crippen LogP contribution is 2.17. The first kappa shape index (κ1) is 12.2. The van der Waals surface area contributed by atoms with Gasteiger partial charge in [-0.15, -0.1) is 0 Å². The molecule has 2 aromatic rings. The zero-order valence-corrected chi connectivity index (χ0v) is 9.04. The Morgan fingerprint density at radius 1 is 1.11 bits per heavy atom. The molecular formula is C12H8F3NO2. The number of rotatable bonds is 3. The van der Waals surface area contributed by atoms with Gasteiger partial charge in [0.1, 0.15) is 12.4 Å². The van der Waals surface area contributed by atoms with Gasteiger partial charge in [0.05, 0.1) is 0 Å². The molecule has 0 saturated heterocycles. The molecule has 18 heavy (non-hydrogen) atoms. The fraction of sp³-hybridized carbons (Fsp3) is 0.0833. The first-order valence-corrected chi connectivity index (χ1v) is 5.02. The molecule has 0 fully saturated rings. The molecule has 0 aliphatic heterocycles. The van der Waals surface area contributed by atoms with Crippen LogP contribution in [0, 0.1) is 17.5 Å². The van der Waals surface area contributed by atoms with Crippen LogP contribution in [0.25, 0.3) is 0 Å². The molecule has 3 nitrogen and oxygen atoms in total. The van der Waals surface area contributed by atoms with Crippen LogP contribution in [0.4, 0.5) is 13.2 Å². The number of aromatic nitrogens is 1. The highest BCUT2D eigenvalue weighted by Gasteiger charge is 2.13. The van der Waals surface area contributed by atoms with Crippen LogP contribution in [0.5, 0.6) is 5.75 Å². The molecule has 2 rings (SSSR count). The maximum absolute atomic E-state index is 13.3. The molecule has 6 heteroatoms. The van der Waals surface area contributed by atoms with E-state index >= 15 is 0 Å². The minimum Gasteiger partial charge on any atom is -0.489 e. The topological polar surface area (TPSA) is 42.1 Å². The van der Waals surface area contributed by atoms with Gasteiger partial charge >= 0.3 is 0 Å². The van der Waals surface area contributed by atoms with Crippen molar-refractivity contribution in [2.45, 2.75) is 6.61 Å². The van der Waals surface area contributed by atoms with Crippen LogP contribution < -0.4 is 10.3 Å². The molecule has 1 N–H and O–H groups in total. The number of pyridine rings is 1. The van der Waals surface area contributed by atoms with E-state index in [0.717, 1.165) is 18.2 Å². The van der Waals surface area contributed by atoms with Crippen molar-refractivity contribution in [3.63, 3.8) is 0 Å². The second-order valence-corrected chi connectivity index (χ2v) is 3.51. The Labute approximate surface area is 99.8 Å². The summed E-state index contributed by atoms with van der Waals surface area (Å²) in [5, 5.41) is 0. The van der Waals surface area contributed by atoms with Crippen molar-refractivity contribution in [2.75, 3.05) is 0 Å². The predicted molar refractivity (Wildman–Crippen MR) is 57.7 cm³/mol. The van der Waals surface area contributed by atoms with Gasteiger partial charge in [-0.05, 0) is 18.2 Å². The number of H-pyrrole nitrogens is 1. The Morgan fingerprint density at radius 2 is 1.89 bits per heavy atom. The lowest BCUT2D eigenvalue weighted by Crippen LogP contribution is -2.06. The maximum atomic E-state index is 13.3. The van der Waals surface area contributed by atoms with Gasteiger partial charge in [-0.25, -0.2) is 13.2 Å². The number of nitrogens with one attached hydrogen (secondary N) is 1. The van der Waals surface area contributed by atoms with E-state index in [2.05, 4.69) is 4.98 Å². The Balaban J connectivity index is 2.16. The minimum atomic E-state index is -1.54. The van der Waals surface area contributed by atoms with Gasteiger partial charge in [0, 0.05) is 17.8 Å². The Morgan fingerprint density at radius 3 is 2.61 bits per heavy atom. The fourth-order valence-corrected chi connectivity index (χ4v) is 1.35. The summed E-state index contributed by atoms with van der Waals surface area (Å²) < 4.78 is 44.0. The van der Waals surface area contributed by atoms with Gasteiger partial charge in [0.25, 0.3) is 5.56 Å². The van der Waals surface area contributed by atoms with E-state index in [-0.39, 0.29) is 23.5 Å². The molecule has 1 aromatic heterocycles. The summed E-state index contributed by atoms with van der Waals surface area (Å²) in [5.74, 6) is -3.88. The Hall–Kier alpha value is -2.24. The summed E-state index contributed by atoms with van der Waals surface area (Å²) in [6.07, 6.45) is 1.36. The standard InChI is InChI=1S/C12H8F3NO2/c13-9-2-1-7(11(14)12(9)15)6-18-8-3-4-16-10(17)5-8/h1-5H,6H2,(H,16,17). The third-order valence-corrected chi connectivity index (χ3v) is 2.26. The number of hydrogen-bond acceptors (Lipinski definition) is 2. The molecule has 1 aromatic carbocycles. The summed E-state index contributed by atoms with van der Waals surface area (Å²) in [4.78, 5) is 13.3. The van der Waals surface area contributed by atoms with Crippen molar-refractivity contribution < 1.29 is 17.9 Å². The van der Waals surface area contributed by atoms with E-state index in [1.807, 2.05) is 0 Å². The molecule has 0 aliphatic carbocycles. The van der Waals surface area contributed by atoms with E-state index in [0.29, 0.717) is 0 Å². The zero-order valence-electron chi connectivity index (χ0n) is 9.04. The Kier molecular flexibility index (Phi) is 3.36. The lowest BCUT2D eigenvalue weighted by molar-refractivity contribution is 0.295. The molecule has 0 aliphatic rings. The lowest BCUT2D eigenvalue weighted by atomic mass is 10.2. The number of benzene rings is 1. The first-order valence-electron chi connectivity index (χ1n) is 5.02. The molecule has 0 atom stereocenters. The summed E-state index contributed by atoms with van der Waals surface area (Å²) >= 11 is 0. The molecular weight excluding hydrogens is 247 g/mol. The van der Waals surface area contributed by atoms with E-state index < -0.39 is 17.5 Å². The number of hydrogen-bond donors (Lipinski definition) is 1. The van der Waals surface area contributed by atoms with Crippen LogP contribution >= 0.6 is 0 Å². The maximum Gasteiger partial charge on any atom is 0.251 e. The quantitative estimate of drug-likeness (QED) is 0.855. The third-order valence-electron chi connectivity index (χ3n) is 2.26. The lowest BCUT2D eigenvalue weighted by Gasteiger charge is -2.07. The summed E-state index contributed by atoms with van der Waals surface area (Å²) in [6.45, 7) is -0.299. The molecule has 0 radical (unpaired) electrons. The number of ether oxygens (including phenoxy) is 1. The molecule has 94 valence electrons. The number of halogens is 3. The van der Waals surface area contributed by atoms with Crippen molar-refractivity contribution in [3.8, 4) is 5.75 Å². The van der Waals surface area contributed by atoms with Crippen molar-refractivity contribution in [1.82, 2.24) is 4.98 Å². The molecule has 1 heterocycles. The molecule has 0 bridgehead atoms. The SMILES string of the molecule is O=c1cc(OCc2ccc(F)c(F)c2F)cc[nH]1. The van der Waals surface area contributed by atoms with Crippen molar-refractivity contribution in [1.29, 1.82) is 0 Å². The zero-order chi connectivity index (χ0) is 13.1. The molecule has 0 spiro atoms. The van der Waals surface area contributed by atoms with Gasteiger partial charge in [-0.1, -0.05) is 0 Å². The summed E-state index contributed by atoms with van der Waals surface area (Å²) in [7, 11) is 0. The predicted octanol–water partition coefficient (Wildman–Crippen LogP) is 2.37. The molecule has 0 unspecified atom stereocenters. The van der Waals surface area contributed by atoms with Gasteiger partial charge in [-0.2, -0.15) is 0 Å². The highest BCUT2D eigenvalue weighted by molar-refractivity contribution is 5.22. The van der Waals surface area contributed by atoms with Gasteiger partial charge < -0.3 is 9.72 Å². The van der Waals surface area contributed by atoms with Crippen LogP contribution in [0.2, 0.25) is 0 Å². The average molecular weight is 255 g/mol. The van der Waals surface area contributed by atoms with E-state index in [1.54, 1.807) is 0 Å². The van der Waals surface area contributed by atoms with Crippen LogP contribution in [-0.2, 0) is 6.61 Å². The minimum absolute atomic E-state index is 0.130. The fourth-order valence-electron chi connectivity index (χ4n) is 1.35.